The van der Waals surface area contributed by atoms with Crippen LogP contribution in [0.25, 0.3) is 0 Å². The fourth-order valence-corrected chi connectivity index (χ4v) is 4.65. The van der Waals surface area contributed by atoms with Gasteiger partial charge in [-0.1, -0.05) is 11.6 Å². The van der Waals surface area contributed by atoms with E-state index in [0.29, 0.717) is 6.04 Å². The summed E-state index contributed by atoms with van der Waals surface area (Å²) >= 11 is 7.74. The number of rotatable bonds is 7. The van der Waals surface area contributed by atoms with Crippen LogP contribution in [0, 0.1) is 0 Å². The molecule has 1 amide bonds. The Bertz CT molecular complexity index is 697. The van der Waals surface area contributed by atoms with E-state index >= 15 is 0 Å². The number of likely N-dealkylation sites (tertiary alicyclic amines) is 2. The molecule has 1 atom stereocenters. The summed E-state index contributed by atoms with van der Waals surface area (Å²) in [5.74, 6) is 1.81. The number of carbonyl (C=O) groups excluding carboxylic acids is 1. The maximum absolute atomic E-state index is 12.0. The lowest BCUT2D eigenvalue weighted by Crippen LogP contribution is -2.44. The van der Waals surface area contributed by atoms with Gasteiger partial charge in [-0.05, 0) is 56.6 Å². The highest BCUT2D eigenvalue weighted by Gasteiger charge is 2.30. The monoisotopic (exact) mass is 565 g/mol. The number of hydrogen-bond donors (Lipinski definition) is 1. The van der Waals surface area contributed by atoms with Crippen LogP contribution in [0.1, 0.15) is 19.3 Å². The Hall–Kier alpha value is -0.710. The van der Waals surface area contributed by atoms with E-state index in [1.165, 1.54) is 37.2 Å². The molecule has 2 aliphatic heterocycles. The Kier molecular flexibility index (Phi) is 11.1. The van der Waals surface area contributed by atoms with E-state index in [-0.39, 0.29) is 36.4 Å². The minimum atomic E-state index is 0. The Morgan fingerprint density at radius 3 is 2.60 bits per heavy atom. The minimum Gasteiger partial charge on any atom is -0.355 e. The molecule has 6 nitrogen and oxygen atoms in total. The van der Waals surface area contributed by atoms with E-state index in [4.69, 9.17) is 11.6 Å². The first kappa shape index (κ1) is 25.5. The second kappa shape index (κ2) is 13.0. The molecular formula is C21H33ClIN5OS. The van der Waals surface area contributed by atoms with E-state index in [9.17, 15) is 4.79 Å². The van der Waals surface area contributed by atoms with Gasteiger partial charge in [0.1, 0.15) is 6.54 Å². The van der Waals surface area contributed by atoms with E-state index in [0.717, 1.165) is 36.4 Å². The molecule has 168 valence electrons. The number of hydrogen-bond acceptors (Lipinski definition) is 4. The van der Waals surface area contributed by atoms with Gasteiger partial charge in [0.25, 0.3) is 0 Å². The second-order valence-electron chi connectivity index (χ2n) is 7.79. The summed E-state index contributed by atoms with van der Waals surface area (Å²) in [4.78, 5) is 24.4. The molecule has 1 aromatic rings. The maximum atomic E-state index is 12.0. The zero-order chi connectivity index (χ0) is 20.6. The summed E-state index contributed by atoms with van der Waals surface area (Å²) in [5.41, 5.74) is 0. The molecule has 0 saturated carbocycles. The molecule has 1 aromatic carbocycles. The summed E-state index contributed by atoms with van der Waals surface area (Å²) in [7, 11) is 3.54. The van der Waals surface area contributed by atoms with Gasteiger partial charge in [0.2, 0.25) is 5.91 Å². The molecule has 1 N–H and O–H groups in total. The molecule has 2 heterocycles. The van der Waals surface area contributed by atoms with Crippen LogP contribution in [-0.2, 0) is 4.79 Å². The van der Waals surface area contributed by atoms with Gasteiger partial charge in [0.15, 0.2) is 5.96 Å². The average Bonchev–Trinajstić information content (AvgIpc) is 3.40. The molecule has 9 heteroatoms. The molecule has 2 fully saturated rings. The molecule has 1 unspecified atom stereocenters. The third kappa shape index (κ3) is 7.76. The molecular weight excluding hydrogens is 533 g/mol. The van der Waals surface area contributed by atoms with Gasteiger partial charge in [0, 0.05) is 55.4 Å². The lowest BCUT2D eigenvalue weighted by atomic mass is 10.2. The van der Waals surface area contributed by atoms with E-state index in [1.807, 2.05) is 24.3 Å². The van der Waals surface area contributed by atoms with Crippen molar-refractivity contribution < 1.29 is 4.79 Å². The summed E-state index contributed by atoms with van der Waals surface area (Å²) in [6.45, 7) is 5.40. The quantitative estimate of drug-likeness (QED) is 0.181. The number of benzene rings is 1. The lowest BCUT2D eigenvalue weighted by molar-refractivity contribution is -0.127. The van der Waals surface area contributed by atoms with E-state index in [1.54, 1.807) is 30.8 Å². The van der Waals surface area contributed by atoms with Gasteiger partial charge < -0.3 is 15.1 Å². The standard InChI is InChI=1S/C21H32ClN5OS.HI/c1-25(2)20(28)15-24-21(23-10-14-29-19-7-5-17(22)6-8-19)27-13-9-18(16-27)26-11-3-4-12-26;/h5-8,18H,3-4,9-16H2,1-2H3,(H,23,24);1H. The van der Waals surface area contributed by atoms with E-state index < -0.39 is 0 Å². The van der Waals surface area contributed by atoms with Crippen LogP contribution in [0.3, 0.4) is 0 Å². The van der Waals surface area contributed by atoms with Crippen molar-refractivity contribution in [1.29, 1.82) is 0 Å². The first-order valence-electron chi connectivity index (χ1n) is 10.4. The Labute approximate surface area is 206 Å². The topological polar surface area (TPSA) is 51.2 Å². The molecule has 0 spiro atoms. The zero-order valence-corrected chi connectivity index (χ0v) is 21.8. The largest absolute Gasteiger partial charge is 0.355 e. The highest BCUT2D eigenvalue weighted by molar-refractivity contribution is 14.0. The number of aliphatic imine (C=N–C) groups is 1. The summed E-state index contributed by atoms with van der Waals surface area (Å²) in [6, 6.07) is 8.52. The fraction of sp³-hybridized carbons (Fsp3) is 0.619. The maximum Gasteiger partial charge on any atom is 0.243 e. The van der Waals surface area contributed by atoms with Crippen LogP contribution >= 0.6 is 47.3 Å². The molecule has 3 rings (SSSR count). The highest BCUT2D eigenvalue weighted by atomic mass is 127. The normalized spacial score (nSPS) is 19.6. The van der Waals surface area contributed by atoms with Crippen molar-refractivity contribution in [2.24, 2.45) is 4.99 Å². The molecule has 30 heavy (non-hydrogen) atoms. The first-order chi connectivity index (χ1) is 14.0. The van der Waals surface area contributed by atoms with Gasteiger partial charge >= 0.3 is 0 Å². The molecule has 0 bridgehead atoms. The number of nitrogens with one attached hydrogen (secondary N) is 1. The summed E-state index contributed by atoms with van der Waals surface area (Å²) < 4.78 is 0. The SMILES string of the molecule is CN(C)C(=O)CN=C(NCCSc1ccc(Cl)cc1)N1CCC(N2CCCC2)C1.I. The van der Waals surface area contributed by atoms with Crippen LogP contribution < -0.4 is 5.32 Å². The van der Waals surface area contributed by atoms with Crippen molar-refractivity contribution in [2.75, 3.05) is 59.1 Å². The van der Waals surface area contributed by atoms with Crippen LogP contribution in [0.4, 0.5) is 0 Å². The predicted molar refractivity (Wildman–Crippen MR) is 137 cm³/mol. The van der Waals surface area contributed by atoms with Gasteiger partial charge in [-0.3, -0.25) is 9.69 Å². The highest BCUT2D eigenvalue weighted by Crippen LogP contribution is 2.21. The number of amides is 1. The number of guanidine groups is 1. The third-order valence-corrected chi connectivity index (χ3v) is 6.72. The number of nitrogens with zero attached hydrogens (tertiary/aromatic N) is 4. The molecule has 0 aliphatic carbocycles. The van der Waals surface area contributed by atoms with E-state index in [2.05, 4.69) is 20.1 Å². The average molecular weight is 566 g/mol. The Balaban J connectivity index is 0.00000320. The smallest absolute Gasteiger partial charge is 0.243 e. The van der Waals surface area contributed by atoms with Gasteiger partial charge in [-0.2, -0.15) is 0 Å². The van der Waals surface area contributed by atoms with Gasteiger partial charge in [-0.15, -0.1) is 35.7 Å². The molecule has 0 aromatic heterocycles. The van der Waals surface area contributed by atoms with Crippen molar-refractivity contribution in [2.45, 2.75) is 30.2 Å². The van der Waals surface area contributed by atoms with Gasteiger partial charge in [-0.25, -0.2) is 4.99 Å². The second-order valence-corrected chi connectivity index (χ2v) is 9.39. The summed E-state index contributed by atoms with van der Waals surface area (Å²) in [6.07, 6.45) is 3.80. The third-order valence-electron chi connectivity index (χ3n) is 5.45. The lowest BCUT2D eigenvalue weighted by Gasteiger charge is -2.25. The first-order valence-corrected chi connectivity index (χ1v) is 11.7. The van der Waals surface area contributed by atoms with Crippen molar-refractivity contribution >= 4 is 59.2 Å². The predicted octanol–water partition coefficient (Wildman–Crippen LogP) is 3.25. The summed E-state index contributed by atoms with van der Waals surface area (Å²) in [5, 5.41) is 4.25. The molecule has 2 saturated heterocycles. The van der Waals surface area contributed by atoms with Gasteiger partial charge in [0.05, 0.1) is 0 Å². The van der Waals surface area contributed by atoms with Crippen molar-refractivity contribution in [3.63, 3.8) is 0 Å². The zero-order valence-electron chi connectivity index (χ0n) is 17.8. The van der Waals surface area contributed by atoms with Crippen LogP contribution in [0.2, 0.25) is 5.02 Å². The Morgan fingerprint density at radius 2 is 1.93 bits per heavy atom. The van der Waals surface area contributed by atoms with Crippen LogP contribution in [0.15, 0.2) is 34.2 Å². The van der Waals surface area contributed by atoms with Crippen LogP contribution in [-0.4, -0.2) is 91.7 Å². The van der Waals surface area contributed by atoms with Crippen molar-refractivity contribution in [3.05, 3.63) is 29.3 Å². The van der Waals surface area contributed by atoms with Crippen molar-refractivity contribution in [1.82, 2.24) is 20.0 Å². The number of thioether (sulfide) groups is 1. The van der Waals surface area contributed by atoms with Crippen LogP contribution in [0.5, 0.6) is 0 Å². The molecule has 2 aliphatic rings. The Morgan fingerprint density at radius 1 is 1.23 bits per heavy atom. The number of halogens is 2. The van der Waals surface area contributed by atoms with Crippen molar-refractivity contribution in [3.8, 4) is 0 Å². The number of carbonyl (C=O) groups is 1. The number of likely N-dealkylation sites (N-methyl/N-ethyl adjacent to an activating group) is 1. The molecule has 0 radical (unpaired) electrons. The minimum absolute atomic E-state index is 0. The fourth-order valence-electron chi connectivity index (χ4n) is 3.75.